The lowest BCUT2D eigenvalue weighted by Crippen LogP contribution is -2.21. The highest BCUT2D eigenvalue weighted by Gasteiger charge is 2.18. The molecule has 0 atom stereocenters. The number of ether oxygens (including phenoxy) is 2. The van der Waals surface area contributed by atoms with Crippen molar-refractivity contribution in [3.05, 3.63) is 99.8 Å². The maximum atomic E-state index is 13.8. The van der Waals surface area contributed by atoms with Crippen LogP contribution in [0.5, 0.6) is 11.5 Å². The number of benzene rings is 4. The molecule has 0 N–H and O–H groups in total. The molecule has 5 aromatic rings. The molecule has 6 nitrogen and oxygen atoms in total. The fraction of sp³-hybridized carbons (Fsp3) is 0.219. The van der Waals surface area contributed by atoms with Gasteiger partial charge in [0.1, 0.15) is 11.5 Å². The normalized spacial score (nSPS) is 11.6. The van der Waals surface area contributed by atoms with Crippen LogP contribution >= 0.6 is 0 Å². The van der Waals surface area contributed by atoms with Gasteiger partial charge in [-0.15, -0.1) is 0 Å². The molecule has 0 saturated heterocycles. The summed E-state index contributed by atoms with van der Waals surface area (Å²) in [5.41, 5.74) is 4.01. The zero-order chi connectivity index (χ0) is 26.8. The van der Waals surface area contributed by atoms with Gasteiger partial charge in [-0.1, -0.05) is 56.3 Å². The molecule has 0 aliphatic carbocycles. The largest absolute Gasteiger partial charge is 0.496 e. The number of hydrogen-bond donors (Lipinski definition) is 0. The average Bonchev–Trinajstić information content (AvgIpc) is 2.93. The second kappa shape index (κ2) is 10.5. The molecule has 5 rings (SSSR count). The van der Waals surface area contributed by atoms with E-state index >= 15 is 0 Å². The summed E-state index contributed by atoms with van der Waals surface area (Å²) in [5.74, 6) is 2.22. The Bertz CT molecular complexity index is 1730. The molecule has 1 aromatic heterocycles. The molecule has 0 fully saturated rings. The zero-order valence-electron chi connectivity index (χ0n) is 22.4. The lowest BCUT2D eigenvalue weighted by Gasteiger charge is -2.17. The maximum Gasteiger partial charge on any atom is 0.282 e. The van der Waals surface area contributed by atoms with Crippen LogP contribution in [0.2, 0.25) is 0 Å². The molecule has 0 radical (unpaired) electrons. The van der Waals surface area contributed by atoms with Crippen molar-refractivity contribution in [1.82, 2.24) is 9.66 Å². The first-order chi connectivity index (χ1) is 18.4. The van der Waals surface area contributed by atoms with Crippen LogP contribution in [-0.4, -0.2) is 29.6 Å². The molecule has 0 amide bonds. The van der Waals surface area contributed by atoms with Gasteiger partial charge in [-0.05, 0) is 72.0 Å². The third kappa shape index (κ3) is 4.54. The number of aromatic nitrogens is 2. The van der Waals surface area contributed by atoms with Gasteiger partial charge in [-0.3, -0.25) is 4.79 Å². The minimum atomic E-state index is -0.235. The lowest BCUT2D eigenvalue weighted by molar-refractivity contribution is 0.340. The van der Waals surface area contributed by atoms with Gasteiger partial charge in [0.25, 0.3) is 5.56 Å². The number of aryl methyl sites for hydroxylation is 1. The lowest BCUT2D eigenvalue weighted by atomic mass is 9.96. The molecular formula is C32H31N3O3. The van der Waals surface area contributed by atoms with Gasteiger partial charge in [0.2, 0.25) is 0 Å². The smallest absolute Gasteiger partial charge is 0.282 e. The molecule has 0 aliphatic heterocycles. The monoisotopic (exact) mass is 505 g/mol. The van der Waals surface area contributed by atoms with E-state index in [0.29, 0.717) is 29.1 Å². The summed E-state index contributed by atoms with van der Waals surface area (Å²) in [6.07, 6.45) is 1.71. The Morgan fingerprint density at radius 3 is 2.45 bits per heavy atom. The van der Waals surface area contributed by atoms with Crippen molar-refractivity contribution in [2.24, 2.45) is 5.10 Å². The van der Waals surface area contributed by atoms with E-state index in [1.54, 1.807) is 19.4 Å². The molecular weight excluding hydrogens is 474 g/mol. The first kappa shape index (κ1) is 25.2. The molecule has 0 saturated carbocycles. The highest BCUT2D eigenvalue weighted by Crippen LogP contribution is 2.34. The summed E-state index contributed by atoms with van der Waals surface area (Å²) in [5, 5.41) is 7.32. The van der Waals surface area contributed by atoms with Crippen LogP contribution in [0.25, 0.3) is 33.1 Å². The van der Waals surface area contributed by atoms with E-state index < -0.39 is 0 Å². The molecule has 38 heavy (non-hydrogen) atoms. The van der Waals surface area contributed by atoms with Gasteiger partial charge >= 0.3 is 0 Å². The summed E-state index contributed by atoms with van der Waals surface area (Å²) in [6.45, 7) is 8.70. The Morgan fingerprint density at radius 2 is 1.71 bits per heavy atom. The van der Waals surface area contributed by atoms with Crippen LogP contribution in [-0.2, 0) is 0 Å². The van der Waals surface area contributed by atoms with E-state index in [2.05, 4.69) is 19.9 Å². The number of methoxy groups -OCH3 is 1. The van der Waals surface area contributed by atoms with E-state index in [-0.39, 0.29) is 11.5 Å². The van der Waals surface area contributed by atoms with Crippen molar-refractivity contribution >= 4 is 27.9 Å². The Kier molecular flexibility index (Phi) is 6.97. The number of rotatable bonds is 7. The van der Waals surface area contributed by atoms with E-state index in [0.717, 1.165) is 38.8 Å². The first-order valence-corrected chi connectivity index (χ1v) is 12.8. The van der Waals surface area contributed by atoms with Gasteiger partial charge in [0, 0.05) is 11.1 Å². The highest BCUT2D eigenvalue weighted by atomic mass is 16.5. The minimum absolute atomic E-state index is 0.220. The van der Waals surface area contributed by atoms with Crippen LogP contribution in [0.1, 0.15) is 43.4 Å². The highest BCUT2D eigenvalue weighted by molar-refractivity contribution is 6.02. The number of hydrogen-bond acceptors (Lipinski definition) is 5. The SMILES string of the molecule is CCOc1ccc2ccccc2c1C=Nn1c(-c2cc(C(C)C)c(OC)cc2C)nc2ccccc2c1=O. The molecule has 0 unspecified atom stereocenters. The van der Waals surface area contributed by atoms with E-state index in [9.17, 15) is 4.79 Å². The van der Waals surface area contributed by atoms with Crippen LogP contribution in [0.3, 0.4) is 0 Å². The predicted octanol–water partition coefficient (Wildman–Crippen LogP) is 6.94. The summed E-state index contributed by atoms with van der Waals surface area (Å²) in [7, 11) is 1.68. The van der Waals surface area contributed by atoms with Crippen molar-refractivity contribution in [3.63, 3.8) is 0 Å². The Hall–Kier alpha value is -4.45. The first-order valence-electron chi connectivity index (χ1n) is 12.8. The van der Waals surface area contributed by atoms with Crippen LogP contribution in [0.4, 0.5) is 0 Å². The predicted molar refractivity (Wildman–Crippen MR) is 155 cm³/mol. The van der Waals surface area contributed by atoms with Gasteiger partial charge < -0.3 is 9.47 Å². The quantitative estimate of drug-likeness (QED) is 0.225. The zero-order valence-corrected chi connectivity index (χ0v) is 22.4. The fourth-order valence-electron chi connectivity index (χ4n) is 4.78. The maximum absolute atomic E-state index is 13.8. The van der Waals surface area contributed by atoms with Crippen molar-refractivity contribution < 1.29 is 9.47 Å². The third-order valence-corrected chi connectivity index (χ3v) is 6.73. The fourth-order valence-corrected chi connectivity index (χ4v) is 4.78. The van der Waals surface area contributed by atoms with Crippen LogP contribution in [0, 0.1) is 6.92 Å². The third-order valence-electron chi connectivity index (χ3n) is 6.73. The summed E-state index contributed by atoms with van der Waals surface area (Å²) in [6, 6.07) is 23.5. The topological polar surface area (TPSA) is 65.7 Å². The van der Waals surface area contributed by atoms with E-state index in [1.807, 2.05) is 74.5 Å². The Labute approximate surface area is 222 Å². The summed E-state index contributed by atoms with van der Waals surface area (Å²) in [4.78, 5) is 18.8. The van der Waals surface area contributed by atoms with Gasteiger partial charge in [0.15, 0.2) is 5.82 Å². The second-order valence-electron chi connectivity index (χ2n) is 9.51. The Morgan fingerprint density at radius 1 is 0.974 bits per heavy atom. The summed E-state index contributed by atoms with van der Waals surface area (Å²) >= 11 is 0. The number of nitrogens with zero attached hydrogens (tertiary/aromatic N) is 3. The number of fused-ring (bicyclic) bond motifs is 2. The summed E-state index contributed by atoms with van der Waals surface area (Å²) < 4.78 is 13.0. The average molecular weight is 506 g/mol. The molecule has 1 heterocycles. The molecule has 6 heteroatoms. The standard InChI is InChI=1S/C32H31N3O3/c1-6-38-29-16-15-22-11-7-8-12-23(22)27(29)19-33-35-31(34-28-14-10-9-13-24(28)32(35)36)26-18-25(20(2)3)30(37-5)17-21(26)4/h7-20H,6H2,1-5H3. The number of para-hydroxylation sites is 1. The van der Waals surface area contributed by atoms with Crippen molar-refractivity contribution in [1.29, 1.82) is 0 Å². The molecule has 0 aliphatic rings. The van der Waals surface area contributed by atoms with Crippen molar-refractivity contribution in [2.75, 3.05) is 13.7 Å². The van der Waals surface area contributed by atoms with E-state index in [1.165, 1.54) is 4.68 Å². The van der Waals surface area contributed by atoms with E-state index in [4.69, 9.17) is 19.6 Å². The minimum Gasteiger partial charge on any atom is -0.496 e. The molecule has 192 valence electrons. The van der Waals surface area contributed by atoms with Crippen molar-refractivity contribution in [2.45, 2.75) is 33.6 Å². The molecule has 4 aromatic carbocycles. The van der Waals surface area contributed by atoms with Crippen LogP contribution < -0.4 is 15.0 Å². The van der Waals surface area contributed by atoms with Crippen molar-refractivity contribution in [3.8, 4) is 22.9 Å². The van der Waals surface area contributed by atoms with Gasteiger partial charge in [-0.2, -0.15) is 9.78 Å². The molecule has 0 bridgehead atoms. The molecule has 0 spiro atoms. The second-order valence-corrected chi connectivity index (χ2v) is 9.51. The van der Waals surface area contributed by atoms with Crippen LogP contribution in [0.15, 0.2) is 82.7 Å². The Balaban J connectivity index is 1.79. The van der Waals surface area contributed by atoms with Gasteiger partial charge in [0.05, 0.1) is 30.8 Å². The van der Waals surface area contributed by atoms with Gasteiger partial charge in [-0.25, -0.2) is 4.98 Å².